The van der Waals surface area contributed by atoms with Crippen molar-refractivity contribution in [2.24, 2.45) is 0 Å². The zero-order valence-corrected chi connectivity index (χ0v) is 15.6. The van der Waals surface area contributed by atoms with Crippen LogP contribution in [0.25, 0.3) is 0 Å². The molecule has 23 heavy (non-hydrogen) atoms. The molecule has 0 aliphatic carbocycles. The summed E-state index contributed by atoms with van der Waals surface area (Å²) in [6.07, 6.45) is 13.1. The molecule has 1 atom stereocenters. The van der Waals surface area contributed by atoms with Crippen molar-refractivity contribution in [1.82, 2.24) is 0 Å². The van der Waals surface area contributed by atoms with Crippen LogP contribution in [0.5, 0.6) is 0 Å². The molecule has 0 saturated carbocycles. The standard InChI is InChI=1S/C18H35FO3S/c1-22-18(20)14-10-6-9-13-17-23(21)16-12-8-5-3-2-4-7-11-15-19/h2-17H2,1H3. The number of hydrogen-bond donors (Lipinski definition) is 0. The number of esters is 1. The van der Waals surface area contributed by atoms with Crippen LogP contribution in [-0.2, 0) is 20.3 Å². The minimum absolute atomic E-state index is 0.143. The fourth-order valence-corrected chi connectivity index (χ4v) is 3.76. The SMILES string of the molecule is COC(=O)CCCCCCS(=O)CCCCCCCCCCF. The van der Waals surface area contributed by atoms with Gasteiger partial charge in [-0.2, -0.15) is 0 Å². The van der Waals surface area contributed by atoms with Gasteiger partial charge in [0.05, 0.1) is 13.8 Å². The lowest BCUT2D eigenvalue weighted by Gasteiger charge is -2.04. The van der Waals surface area contributed by atoms with E-state index in [-0.39, 0.29) is 12.6 Å². The number of halogens is 1. The summed E-state index contributed by atoms with van der Waals surface area (Å²) in [4.78, 5) is 10.9. The van der Waals surface area contributed by atoms with E-state index in [4.69, 9.17) is 0 Å². The minimum Gasteiger partial charge on any atom is -0.469 e. The summed E-state index contributed by atoms with van der Waals surface area (Å²) in [5, 5.41) is 0. The minimum atomic E-state index is -0.681. The summed E-state index contributed by atoms with van der Waals surface area (Å²) in [6, 6.07) is 0. The van der Waals surface area contributed by atoms with Crippen molar-refractivity contribution in [3.63, 3.8) is 0 Å². The molecule has 3 nitrogen and oxygen atoms in total. The first-order valence-electron chi connectivity index (χ1n) is 9.18. The second kappa shape index (κ2) is 17.9. The van der Waals surface area contributed by atoms with Gasteiger partial charge in [0.25, 0.3) is 0 Å². The summed E-state index contributed by atoms with van der Waals surface area (Å²) < 4.78 is 28.3. The predicted octanol–water partition coefficient (Wildman–Crippen LogP) is 4.95. The number of hydrogen-bond acceptors (Lipinski definition) is 3. The Kier molecular flexibility index (Phi) is 17.5. The number of rotatable bonds is 17. The second-order valence-electron chi connectivity index (χ2n) is 6.11. The van der Waals surface area contributed by atoms with Gasteiger partial charge in [0.2, 0.25) is 0 Å². The van der Waals surface area contributed by atoms with Crippen molar-refractivity contribution < 1.29 is 18.1 Å². The molecule has 5 heteroatoms. The van der Waals surface area contributed by atoms with Gasteiger partial charge in [-0.05, 0) is 25.7 Å². The fraction of sp³-hybridized carbons (Fsp3) is 0.944. The van der Waals surface area contributed by atoms with Crippen molar-refractivity contribution in [3.05, 3.63) is 0 Å². The molecule has 138 valence electrons. The van der Waals surface area contributed by atoms with E-state index >= 15 is 0 Å². The Morgan fingerprint density at radius 2 is 1.22 bits per heavy atom. The van der Waals surface area contributed by atoms with Gasteiger partial charge in [-0.15, -0.1) is 0 Å². The van der Waals surface area contributed by atoms with E-state index in [9.17, 15) is 13.4 Å². The van der Waals surface area contributed by atoms with Crippen LogP contribution in [0.1, 0.15) is 83.5 Å². The van der Waals surface area contributed by atoms with Crippen molar-refractivity contribution in [1.29, 1.82) is 0 Å². The van der Waals surface area contributed by atoms with E-state index in [0.717, 1.165) is 62.9 Å². The molecule has 0 aliphatic heterocycles. The van der Waals surface area contributed by atoms with Crippen molar-refractivity contribution in [2.45, 2.75) is 83.5 Å². The molecule has 0 N–H and O–H groups in total. The molecule has 0 bridgehead atoms. The molecule has 0 fully saturated rings. The van der Waals surface area contributed by atoms with Crippen LogP contribution in [0.4, 0.5) is 4.39 Å². The highest BCUT2D eigenvalue weighted by molar-refractivity contribution is 7.84. The Balaban J connectivity index is 3.20. The molecule has 0 heterocycles. The van der Waals surface area contributed by atoms with Crippen molar-refractivity contribution in [2.75, 3.05) is 25.3 Å². The number of methoxy groups -OCH3 is 1. The van der Waals surface area contributed by atoms with Gasteiger partial charge in [0.15, 0.2) is 0 Å². The van der Waals surface area contributed by atoms with Gasteiger partial charge in [-0.3, -0.25) is 13.4 Å². The Morgan fingerprint density at radius 3 is 1.70 bits per heavy atom. The molecule has 0 spiro atoms. The van der Waals surface area contributed by atoms with Gasteiger partial charge in [-0.1, -0.05) is 51.4 Å². The van der Waals surface area contributed by atoms with Gasteiger partial charge >= 0.3 is 5.97 Å². The highest BCUT2D eigenvalue weighted by Gasteiger charge is 2.02. The molecule has 0 rings (SSSR count). The highest BCUT2D eigenvalue weighted by atomic mass is 32.2. The Bertz CT molecular complexity index is 298. The third-order valence-electron chi connectivity index (χ3n) is 3.99. The number of carbonyl (C=O) groups excluding carboxylic acids is 1. The summed E-state index contributed by atoms with van der Waals surface area (Å²) in [5.41, 5.74) is 0. The molecule has 0 radical (unpaired) electrons. The van der Waals surface area contributed by atoms with Crippen molar-refractivity contribution >= 4 is 16.8 Å². The molecule has 0 aromatic carbocycles. The average molecular weight is 351 g/mol. The number of carbonyl (C=O) groups is 1. The van der Waals surface area contributed by atoms with E-state index < -0.39 is 10.8 Å². The first-order chi connectivity index (χ1) is 11.2. The molecule has 0 aromatic heterocycles. The average Bonchev–Trinajstić information content (AvgIpc) is 2.56. The van der Waals surface area contributed by atoms with Gasteiger partial charge in [0, 0.05) is 28.7 Å². The van der Waals surface area contributed by atoms with Crippen molar-refractivity contribution in [3.8, 4) is 0 Å². The number of alkyl halides is 1. The molecular weight excluding hydrogens is 315 g/mol. The van der Waals surface area contributed by atoms with E-state index in [1.54, 1.807) is 0 Å². The topological polar surface area (TPSA) is 43.4 Å². The lowest BCUT2D eigenvalue weighted by molar-refractivity contribution is -0.140. The van der Waals surface area contributed by atoms with Crippen LogP contribution in [0.15, 0.2) is 0 Å². The smallest absolute Gasteiger partial charge is 0.305 e. The van der Waals surface area contributed by atoms with Gasteiger partial charge < -0.3 is 4.74 Å². The predicted molar refractivity (Wildman–Crippen MR) is 95.9 cm³/mol. The summed E-state index contributed by atoms with van der Waals surface area (Å²) in [5.74, 6) is 1.47. The maximum absolute atomic E-state index is 11.9. The summed E-state index contributed by atoms with van der Waals surface area (Å²) >= 11 is 0. The molecular formula is C18H35FO3S. The highest BCUT2D eigenvalue weighted by Crippen LogP contribution is 2.10. The van der Waals surface area contributed by atoms with E-state index in [1.807, 2.05) is 0 Å². The maximum Gasteiger partial charge on any atom is 0.305 e. The van der Waals surface area contributed by atoms with Crippen LogP contribution in [0, 0.1) is 0 Å². The van der Waals surface area contributed by atoms with E-state index in [1.165, 1.54) is 26.4 Å². The fourth-order valence-electron chi connectivity index (χ4n) is 2.51. The summed E-state index contributed by atoms with van der Waals surface area (Å²) in [7, 11) is 0.734. The zero-order chi connectivity index (χ0) is 17.2. The van der Waals surface area contributed by atoms with Crippen LogP contribution >= 0.6 is 0 Å². The Labute approximate surface area is 144 Å². The van der Waals surface area contributed by atoms with Crippen LogP contribution < -0.4 is 0 Å². The van der Waals surface area contributed by atoms with E-state index in [0.29, 0.717) is 12.8 Å². The van der Waals surface area contributed by atoms with Gasteiger partial charge in [-0.25, -0.2) is 0 Å². The maximum atomic E-state index is 11.9. The second-order valence-corrected chi connectivity index (χ2v) is 7.80. The first kappa shape index (κ1) is 22.6. The molecule has 0 amide bonds. The molecule has 1 unspecified atom stereocenters. The molecule has 0 aromatic rings. The third kappa shape index (κ3) is 17.7. The van der Waals surface area contributed by atoms with E-state index in [2.05, 4.69) is 4.74 Å². The number of unbranched alkanes of at least 4 members (excludes halogenated alkanes) is 10. The van der Waals surface area contributed by atoms with Crippen LogP contribution in [-0.4, -0.2) is 35.5 Å². The third-order valence-corrected chi connectivity index (χ3v) is 5.47. The Hall–Kier alpha value is -0.450. The lowest BCUT2D eigenvalue weighted by Crippen LogP contribution is -2.03. The normalized spacial score (nSPS) is 12.3. The zero-order valence-electron chi connectivity index (χ0n) is 14.8. The quantitative estimate of drug-likeness (QED) is 0.275. The van der Waals surface area contributed by atoms with Crippen LogP contribution in [0.3, 0.4) is 0 Å². The molecule has 0 aliphatic rings. The number of ether oxygens (including phenoxy) is 1. The lowest BCUT2D eigenvalue weighted by atomic mass is 10.1. The Morgan fingerprint density at radius 1 is 0.783 bits per heavy atom. The van der Waals surface area contributed by atoms with Gasteiger partial charge in [0.1, 0.15) is 0 Å². The first-order valence-corrected chi connectivity index (χ1v) is 10.7. The monoisotopic (exact) mass is 350 g/mol. The van der Waals surface area contributed by atoms with Crippen LogP contribution in [0.2, 0.25) is 0 Å². The summed E-state index contributed by atoms with van der Waals surface area (Å²) in [6.45, 7) is -0.183. The molecule has 0 saturated heterocycles. The largest absolute Gasteiger partial charge is 0.469 e.